The van der Waals surface area contributed by atoms with Crippen LogP contribution in [0.3, 0.4) is 0 Å². The molecule has 0 fully saturated rings. The average Bonchev–Trinajstić information content (AvgIpc) is 2.74. The smallest absolute Gasteiger partial charge is 0.185 e. The van der Waals surface area contributed by atoms with Gasteiger partial charge in [0.15, 0.2) is 5.13 Å². The van der Waals surface area contributed by atoms with Gasteiger partial charge in [-0.2, -0.15) is 0 Å². The van der Waals surface area contributed by atoms with Crippen molar-refractivity contribution in [2.45, 2.75) is 46.2 Å². The van der Waals surface area contributed by atoms with Crippen molar-refractivity contribution in [2.75, 3.05) is 18.5 Å². The molecule has 0 spiro atoms. The van der Waals surface area contributed by atoms with Gasteiger partial charge in [-0.1, -0.05) is 20.3 Å². The van der Waals surface area contributed by atoms with Crippen molar-refractivity contribution in [3.8, 4) is 0 Å². The van der Waals surface area contributed by atoms with Crippen LogP contribution in [0.25, 0.3) is 0 Å². The van der Waals surface area contributed by atoms with Gasteiger partial charge in [-0.15, -0.1) is 11.3 Å². The highest BCUT2D eigenvalue weighted by molar-refractivity contribution is 7.13. The zero-order valence-electron chi connectivity index (χ0n) is 10.8. The highest BCUT2D eigenvalue weighted by Crippen LogP contribution is 2.22. The lowest BCUT2D eigenvalue weighted by molar-refractivity contribution is 0.613. The van der Waals surface area contributed by atoms with Gasteiger partial charge in [-0.25, -0.2) is 4.98 Å². The topological polar surface area (TPSA) is 28.2 Å². The lowest BCUT2D eigenvalue weighted by Gasteiger charge is -2.23. The number of hydrogen-bond donors (Lipinski definition) is 1. The van der Waals surface area contributed by atoms with Crippen LogP contribution in [0.4, 0.5) is 5.13 Å². The maximum Gasteiger partial charge on any atom is 0.185 e. The maximum atomic E-state index is 4.63. The SMILES string of the molecule is CCCC(C)N(C)c1nc(CNCC)cs1. The van der Waals surface area contributed by atoms with Crippen LogP contribution in [0.1, 0.15) is 39.3 Å². The summed E-state index contributed by atoms with van der Waals surface area (Å²) in [7, 11) is 2.14. The van der Waals surface area contributed by atoms with Crippen molar-refractivity contribution >= 4 is 16.5 Å². The summed E-state index contributed by atoms with van der Waals surface area (Å²) in [4.78, 5) is 6.91. The third-order valence-electron chi connectivity index (χ3n) is 2.77. The first kappa shape index (κ1) is 13.5. The first-order valence-corrected chi connectivity index (χ1v) is 6.94. The van der Waals surface area contributed by atoms with E-state index in [9.17, 15) is 0 Å². The highest BCUT2D eigenvalue weighted by Gasteiger charge is 2.12. The van der Waals surface area contributed by atoms with Gasteiger partial charge in [0.1, 0.15) is 0 Å². The predicted molar refractivity (Wildman–Crippen MR) is 72.3 cm³/mol. The van der Waals surface area contributed by atoms with Gasteiger partial charge in [0.25, 0.3) is 0 Å². The molecule has 1 aromatic heterocycles. The molecule has 1 aromatic rings. The molecule has 1 N–H and O–H groups in total. The fourth-order valence-electron chi connectivity index (χ4n) is 1.59. The molecule has 3 nitrogen and oxygen atoms in total. The Morgan fingerprint density at radius 2 is 2.25 bits per heavy atom. The van der Waals surface area contributed by atoms with Crippen LogP contribution in [-0.2, 0) is 6.54 Å². The van der Waals surface area contributed by atoms with E-state index in [-0.39, 0.29) is 0 Å². The van der Waals surface area contributed by atoms with E-state index in [0.717, 1.165) is 23.9 Å². The Hall–Kier alpha value is -0.610. The van der Waals surface area contributed by atoms with E-state index in [4.69, 9.17) is 0 Å². The van der Waals surface area contributed by atoms with E-state index in [0.29, 0.717) is 6.04 Å². The standard InChI is InChI=1S/C12H23N3S/c1-5-7-10(3)15(4)12-14-11(9-16-12)8-13-6-2/h9-10,13H,5-8H2,1-4H3. The molecule has 0 amide bonds. The zero-order valence-corrected chi connectivity index (χ0v) is 11.6. The molecule has 0 aliphatic heterocycles. The number of nitrogens with one attached hydrogen (secondary N) is 1. The number of hydrogen-bond acceptors (Lipinski definition) is 4. The van der Waals surface area contributed by atoms with Crippen molar-refractivity contribution in [3.63, 3.8) is 0 Å². The van der Waals surface area contributed by atoms with Crippen LogP contribution in [0.5, 0.6) is 0 Å². The summed E-state index contributed by atoms with van der Waals surface area (Å²) in [5, 5.41) is 6.58. The predicted octanol–water partition coefficient (Wildman–Crippen LogP) is 2.88. The molecule has 0 radical (unpaired) electrons. The Morgan fingerprint density at radius 1 is 1.50 bits per heavy atom. The van der Waals surface area contributed by atoms with Crippen LogP contribution in [0.15, 0.2) is 5.38 Å². The molecule has 92 valence electrons. The monoisotopic (exact) mass is 241 g/mol. The first-order valence-electron chi connectivity index (χ1n) is 6.07. The van der Waals surface area contributed by atoms with Gasteiger partial charge in [-0.3, -0.25) is 0 Å². The number of nitrogens with zero attached hydrogens (tertiary/aromatic N) is 2. The van der Waals surface area contributed by atoms with E-state index in [1.165, 1.54) is 12.8 Å². The second-order valence-corrected chi connectivity index (χ2v) is 4.99. The summed E-state index contributed by atoms with van der Waals surface area (Å²) in [6.45, 7) is 8.47. The number of rotatable bonds is 7. The Labute approximate surface area is 103 Å². The number of thiazole rings is 1. The molecule has 16 heavy (non-hydrogen) atoms. The lowest BCUT2D eigenvalue weighted by atomic mass is 10.2. The molecule has 1 heterocycles. The van der Waals surface area contributed by atoms with Crippen LogP contribution in [-0.4, -0.2) is 24.6 Å². The normalized spacial score (nSPS) is 12.8. The van der Waals surface area contributed by atoms with E-state index in [1.54, 1.807) is 11.3 Å². The molecule has 0 aromatic carbocycles. The second kappa shape index (κ2) is 6.86. The van der Waals surface area contributed by atoms with E-state index in [1.807, 2.05) is 0 Å². The highest BCUT2D eigenvalue weighted by atomic mass is 32.1. The van der Waals surface area contributed by atoms with Gasteiger partial charge in [0, 0.05) is 25.0 Å². The molecule has 0 saturated carbocycles. The molecule has 1 rings (SSSR count). The average molecular weight is 241 g/mol. The van der Waals surface area contributed by atoms with Crippen LogP contribution in [0, 0.1) is 0 Å². The van der Waals surface area contributed by atoms with Crippen LogP contribution in [0.2, 0.25) is 0 Å². The largest absolute Gasteiger partial charge is 0.348 e. The number of anilines is 1. The summed E-state index contributed by atoms with van der Waals surface area (Å²) in [6, 6.07) is 0.572. The van der Waals surface area contributed by atoms with Gasteiger partial charge in [0.2, 0.25) is 0 Å². The zero-order chi connectivity index (χ0) is 12.0. The Bertz CT molecular complexity index is 298. The second-order valence-electron chi connectivity index (χ2n) is 4.15. The summed E-state index contributed by atoms with van der Waals surface area (Å²) in [5.41, 5.74) is 1.15. The van der Waals surface area contributed by atoms with Gasteiger partial charge < -0.3 is 10.2 Å². The minimum absolute atomic E-state index is 0.572. The molecule has 1 unspecified atom stereocenters. The van der Waals surface area contributed by atoms with Crippen LogP contribution < -0.4 is 10.2 Å². The quantitative estimate of drug-likeness (QED) is 0.795. The third kappa shape index (κ3) is 3.76. The third-order valence-corrected chi connectivity index (χ3v) is 3.75. The van der Waals surface area contributed by atoms with Crippen molar-refractivity contribution < 1.29 is 0 Å². The molecule has 0 aliphatic rings. The van der Waals surface area contributed by atoms with Gasteiger partial charge in [-0.05, 0) is 19.9 Å². The Balaban J connectivity index is 2.55. The van der Waals surface area contributed by atoms with Crippen molar-refractivity contribution in [2.24, 2.45) is 0 Å². The molecule has 0 aliphatic carbocycles. The molecule has 4 heteroatoms. The minimum Gasteiger partial charge on any atom is -0.348 e. The molecule has 1 atom stereocenters. The van der Waals surface area contributed by atoms with Gasteiger partial charge >= 0.3 is 0 Å². The minimum atomic E-state index is 0.572. The van der Waals surface area contributed by atoms with Gasteiger partial charge in [0.05, 0.1) is 5.69 Å². The molecule has 0 bridgehead atoms. The number of aromatic nitrogens is 1. The maximum absolute atomic E-state index is 4.63. The Kier molecular flexibility index (Phi) is 5.77. The lowest BCUT2D eigenvalue weighted by Crippen LogP contribution is -2.28. The van der Waals surface area contributed by atoms with Crippen LogP contribution >= 0.6 is 11.3 Å². The summed E-state index contributed by atoms with van der Waals surface area (Å²) < 4.78 is 0. The van der Waals surface area contributed by atoms with E-state index in [2.05, 4.69) is 48.4 Å². The van der Waals surface area contributed by atoms with Crippen molar-refractivity contribution in [1.29, 1.82) is 0 Å². The summed E-state index contributed by atoms with van der Waals surface area (Å²) in [6.07, 6.45) is 2.44. The molecular formula is C12H23N3S. The van der Waals surface area contributed by atoms with Crippen molar-refractivity contribution in [3.05, 3.63) is 11.1 Å². The van der Waals surface area contributed by atoms with Crippen molar-refractivity contribution in [1.82, 2.24) is 10.3 Å². The van der Waals surface area contributed by atoms with E-state index >= 15 is 0 Å². The fraction of sp³-hybridized carbons (Fsp3) is 0.750. The Morgan fingerprint density at radius 3 is 2.88 bits per heavy atom. The summed E-state index contributed by atoms with van der Waals surface area (Å²) >= 11 is 1.74. The molecule has 0 saturated heterocycles. The first-order chi connectivity index (χ1) is 7.69. The summed E-state index contributed by atoms with van der Waals surface area (Å²) in [5.74, 6) is 0. The van der Waals surface area contributed by atoms with E-state index < -0.39 is 0 Å². The fourth-order valence-corrected chi connectivity index (χ4v) is 2.49. The molecular weight excluding hydrogens is 218 g/mol.